The quantitative estimate of drug-likeness (QED) is 0.578. The van der Waals surface area contributed by atoms with Crippen LogP contribution >= 0.6 is 0 Å². The molecule has 186 valence electrons. The second-order valence-corrected chi connectivity index (χ2v) is 11.6. The Labute approximate surface area is 202 Å². The number of aliphatic imine (C=N–C) groups is 1. The van der Waals surface area contributed by atoms with E-state index >= 15 is 0 Å². The van der Waals surface area contributed by atoms with Gasteiger partial charge in [0.1, 0.15) is 11.5 Å². The molecule has 1 N–H and O–H groups in total. The first-order chi connectivity index (χ1) is 16.5. The third-order valence-electron chi connectivity index (χ3n) is 6.64. The third kappa shape index (κ3) is 4.99. The predicted molar refractivity (Wildman–Crippen MR) is 128 cm³/mol. The van der Waals surface area contributed by atoms with Gasteiger partial charge in [0, 0.05) is 37.8 Å². The number of alkyl halides is 2. The molecule has 1 saturated heterocycles. The van der Waals surface area contributed by atoms with Gasteiger partial charge in [-0.05, 0) is 49.9 Å². The molecule has 0 spiro atoms. The third-order valence-corrected chi connectivity index (χ3v) is 7.78. The smallest absolute Gasteiger partial charge is 0.258 e. The van der Waals surface area contributed by atoms with E-state index in [4.69, 9.17) is 4.74 Å². The first kappa shape index (κ1) is 24.0. The van der Waals surface area contributed by atoms with E-state index in [-0.39, 0.29) is 17.4 Å². The number of hydrogen-bond acceptors (Lipinski definition) is 7. The Morgan fingerprint density at radius 2 is 2.00 bits per heavy atom. The first-order valence-corrected chi connectivity index (χ1v) is 13.6. The average molecular weight is 504 g/mol. The summed E-state index contributed by atoms with van der Waals surface area (Å²) in [5, 5.41) is 3.18. The number of halogens is 2. The van der Waals surface area contributed by atoms with Crippen LogP contribution in [0.25, 0.3) is 0 Å². The summed E-state index contributed by atoms with van der Waals surface area (Å²) < 4.78 is 57.9. The minimum absolute atomic E-state index is 0.128. The largest absolute Gasteiger partial charge is 0.374 e. The molecule has 2 atom stereocenters. The number of hydrogen-bond donors (Lipinski definition) is 1. The van der Waals surface area contributed by atoms with Crippen LogP contribution in [0, 0.1) is 5.92 Å². The highest BCUT2D eigenvalue weighted by atomic mass is 32.2. The van der Waals surface area contributed by atoms with E-state index in [2.05, 4.69) is 15.3 Å². The Morgan fingerprint density at radius 3 is 2.66 bits per heavy atom. The molecular weight excluding hydrogens is 476 g/mol. The second-order valence-electron chi connectivity index (χ2n) is 9.65. The molecule has 1 saturated carbocycles. The Kier molecular flexibility index (Phi) is 5.99. The zero-order valence-electron chi connectivity index (χ0n) is 19.6. The van der Waals surface area contributed by atoms with E-state index in [0.29, 0.717) is 41.5 Å². The first-order valence-electron chi connectivity index (χ1n) is 11.7. The van der Waals surface area contributed by atoms with Crippen LogP contribution in [-0.2, 0) is 32.2 Å². The van der Waals surface area contributed by atoms with Crippen molar-refractivity contribution in [1.29, 1.82) is 0 Å². The Balaban J connectivity index is 1.49. The molecule has 1 aromatic heterocycles. The number of nitrogens with zero attached hydrogens (tertiary/aromatic N) is 2. The Morgan fingerprint density at radius 1 is 1.23 bits per heavy atom. The number of ketones is 1. The molecular formula is C25H27F2N3O4S. The summed E-state index contributed by atoms with van der Waals surface area (Å²) in [6, 6.07) is 6.80. The highest BCUT2D eigenvalue weighted by Gasteiger charge is 2.60. The van der Waals surface area contributed by atoms with E-state index in [1.165, 1.54) is 0 Å². The number of nitrogens with one attached hydrogen (secondary N) is 1. The van der Waals surface area contributed by atoms with Gasteiger partial charge in [-0.25, -0.2) is 17.2 Å². The lowest BCUT2D eigenvalue weighted by atomic mass is 10.0. The van der Waals surface area contributed by atoms with Crippen LogP contribution in [-0.4, -0.2) is 43.7 Å². The molecule has 35 heavy (non-hydrogen) atoms. The van der Waals surface area contributed by atoms with Crippen molar-refractivity contribution in [3.63, 3.8) is 0 Å². The number of fused-ring (bicyclic) bond motifs is 1. The minimum atomic E-state index is -3.59. The molecule has 3 heterocycles. The molecule has 2 aliphatic heterocycles. The SMILES string of the molecule is CC1=Nc2c(Nc3ccc([C@@H]4CCCCO4)cc3S(C)(=O)=O)cc(CC(=O)[C@H]3CC3(F)F)nc2C1. The highest BCUT2D eigenvalue weighted by Crippen LogP contribution is 2.49. The molecule has 1 aromatic carbocycles. The molecule has 2 aromatic rings. The summed E-state index contributed by atoms with van der Waals surface area (Å²) in [5.41, 5.74) is 4.04. The normalized spacial score (nSPS) is 22.9. The van der Waals surface area contributed by atoms with Gasteiger partial charge < -0.3 is 10.1 Å². The molecule has 0 bridgehead atoms. The van der Waals surface area contributed by atoms with Gasteiger partial charge in [-0.15, -0.1) is 0 Å². The van der Waals surface area contributed by atoms with E-state index < -0.39 is 33.9 Å². The number of carbonyl (C=O) groups excluding carboxylic acids is 1. The van der Waals surface area contributed by atoms with E-state index in [1.54, 1.807) is 18.2 Å². The van der Waals surface area contributed by atoms with Crippen molar-refractivity contribution in [2.24, 2.45) is 10.9 Å². The Bertz CT molecular complexity index is 1330. The van der Waals surface area contributed by atoms with Gasteiger partial charge in [0.25, 0.3) is 5.92 Å². The van der Waals surface area contributed by atoms with Crippen molar-refractivity contribution >= 4 is 38.4 Å². The van der Waals surface area contributed by atoms with Crippen molar-refractivity contribution in [2.45, 2.75) is 62.4 Å². The summed E-state index contributed by atoms with van der Waals surface area (Å²) in [7, 11) is -3.59. The molecule has 2 fully saturated rings. The standard InChI is InChI=1S/C25H27F2N3O4S/c1-14-9-19-24(28-14)20(11-16(29-19)12-21(31)17-13-25(17,26)27)30-18-7-6-15(10-23(18)35(2,32)33)22-5-3-4-8-34-22/h6-7,10-11,17,22H,3-5,8-9,12-13H2,1-2H3,(H,29,30)/t17-,22+/m1/s1. The Hall–Kier alpha value is -2.72. The van der Waals surface area contributed by atoms with E-state index in [1.807, 2.05) is 13.0 Å². The molecule has 0 radical (unpaired) electrons. The summed E-state index contributed by atoms with van der Waals surface area (Å²) in [5.74, 6) is -4.72. The fraction of sp³-hybridized carbons (Fsp3) is 0.480. The van der Waals surface area contributed by atoms with Crippen LogP contribution in [0.2, 0.25) is 0 Å². The lowest BCUT2D eigenvalue weighted by Crippen LogP contribution is -2.13. The average Bonchev–Trinajstić information content (AvgIpc) is 3.27. The van der Waals surface area contributed by atoms with Gasteiger partial charge in [-0.2, -0.15) is 0 Å². The van der Waals surface area contributed by atoms with Crippen molar-refractivity contribution in [3.05, 3.63) is 41.2 Å². The van der Waals surface area contributed by atoms with Gasteiger partial charge in [-0.3, -0.25) is 14.8 Å². The number of Topliss-reactive ketones (excluding diaryl/α,β-unsaturated/α-hetero) is 1. The maximum Gasteiger partial charge on any atom is 0.258 e. The molecule has 7 nitrogen and oxygen atoms in total. The number of rotatable bonds is 7. The number of ether oxygens (including phenoxy) is 1. The van der Waals surface area contributed by atoms with Gasteiger partial charge in [0.05, 0.1) is 39.7 Å². The number of sulfone groups is 1. The maximum atomic E-state index is 13.4. The van der Waals surface area contributed by atoms with Gasteiger partial charge >= 0.3 is 0 Å². The number of carbonyl (C=O) groups is 1. The highest BCUT2D eigenvalue weighted by molar-refractivity contribution is 7.90. The van der Waals surface area contributed by atoms with E-state index in [0.717, 1.165) is 36.8 Å². The van der Waals surface area contributed by atoms with Crippen LogP contribution in [0.1, 0.15) is 55.7 Å². The second kappa shape index (κ2) is 8.74. The van der Waals surface area contributed by atoms with Crippen LogP contribution in [0.15, 0.2) is 34.2 Å². The monoisotopic (exact) mass is 503 g/mol. The van der Waals surface area contributed by atoms with Gasteiger partial charge in [0.15, 0.2) is 9.84 Å². The van der Waals surface area contributed by atoms with Gasteiger partial charge in [-0.1, -0.05) is 6.07 Å². The van der Waals surface area contributed by atoms with Crippen LogP contribution < -0.4 is 5.32 Å². The summed E-state index contributed by atoms with van der Waals surface area (Å²) in [6.07, 6.45) is 3.70. The van der Waals surface area contributed by atoms with Crippen molar-refractivity contribution in [3.8, 4) is 0 Å². The zero-order chi connectivity index (χ0) is 25.0. The van der Waals surface area contributed by atoms with E-state index in [9.17, 15) is 22.0 Å². The summed E-state index contributed by atoms with van der Waals surface area (Å²) in [6.45, 7) is 2.50. The fourth-order valence-electron chi connectivity index (χ4n) is 4.72. The van der Waals surface area contributed by atoms with Crippen molar-refractivity contribution in [2.75, 3.05) is 18.2 Å². The minimum Gasteiger partial charge on any atom is -0.374 e. The van der Waals surface area contributed by atoms with Crippen LogP contribution in [0.3, 0.4) is 0 Å². The lowest BCUT2D eigenvalue weighted by Gasteiger charge is -2.24. The number of aromatic nitrogens is 1. The number of anilines is 2. The number of benzene rings is 1. The summed E-state index contributed by atoms with van der Waals surface area (Å²) in [4.78, 5) is 21.5. The molecule has 0 unspecified atom stereocenters. The molecule has 3 aliphatic rings. The van der Waals surface area contributed by atoms with Crippen LogP contribution in [0.4, 0.5) is 25.8 Å². The lowest BCUT2D eigenvalue weighted by molar-refractivity contribution is -0.121. The van der Waals surface area contributed by atoms with Crippen molar-refractivity contribution < 1.29 is 26.7 Å². The number of pyridine rings is 1. The predicted octanol–water partition coefficient (Wildman–Crippen LogP) is 4.89. The maximum absolute atomic E-state index is 13.4. The zero-order valence-corrected chi connectivity index (χ0v) is 20.4. The van der Waals surface area contributed by atoms with Crippen LogP contribution in [0.5, 0.6) is 0 Å². The molecule has 10 heteroatoms. The molecule has 0 amide bonds. The summed E-state index contributed by atoms with van der Waals surface area (Å²) >= 11 is 0. The molecule has 5 rings (SSSR count). The molecule has 1 aliphatic carbocycles. The topological polar surface area (TPSA) is 97.7 Å². The van der Waals surface area contributed by atoms with Crippen molar-refractivity contribution in [1.82, 2.24) is 4.98 Å². The fourth-order valence-corrected chi connectivity index (χ4v) is 5.59. The van der Waals surface area contributed by atoms with Gasteiger partial charge in [0.2, 0.25) is 0 Å².